The van der Waals surface area contributed by atoms with Crippen molar-refractivity contribution in [2.75, 3.05) is 59.7 Å². The van der Waals surface area contributed by atoms with E-state index in [1.165, 1.54) is 58.4 Å². The van der Waals surface area contributed by atoms with E-state index in [1.54, 1.807) is 7.11 Å². The lowest BCUT2D eigenvalue weighted by atomic mass is 10.1. The zero-order valence-electron chi connectivity index (χ0n) is 11.8. The molecule has 106 valence electrons. The van der Waals surface area contributed by atoms with Crippen LogP contribution in [-0.2, 0) is 9.47 Å². The minimum Gasteiger partial charge on any atom is -0.382 e. The molecule has 0 aromatic heterocycles. The molecule has 1 atom stereocenters. The predicted molar refractivity (Wildman–Crippen MR) is 73.0 cm³/mol. The maximum absolute atomic E-state index is 5.48. The van der Waals surface area contributed by atoms with E-state index in [0.717, 1.165) is 19.3 Å². The van der Waals surface area contributed by atoms with Gasteiger partial charge >= 0.3 is 0 Å². The summed E-state index contributed by atoms with van der Waals surface area (Å²) in [7, 11) is 1.71. The molecule has 18 heavy (non-hydrogen) atoms. The van der Waals surface area contributed by atoms with Crippen molar-refractivity contribution >= 4 is 0 Å². The number of piperazine rings is 1. The van der Waals surface area contributed by atoms with Crippen LogP contribution in [0.4, 0.5) is 0 Å². The Kier molecular flexibility index (Phi) is 6.41. The van der Waals surface area contributed by atoms with E-state index in [4.69, 9.17) is 9.47 Å². The molecular formula is C14H28N2O2. The Hall–Kier alpha value is -0.160. The third-order valence-corrected chi connectivity index (χ3v) is 4.12. The molecule has 1 unspecified atom stereocenters. The third kappa shape index (κ3) is 4.50. The summed E-state index contributed by atoms with van der Waals surface area (Å²) >= 11 is 0. The van der Waals surface area contributed by atoms with Gasteiger partial charge < -0.3 is 14.4 Å². The van der Waals surface area contributed by atoms with E-state index < -0.39 is 0 Å². The second-order valence-corrected chi connectivity index (χ2v) is 5.44. The lowest BCUT2D eigenvalue weighted by Crippen LogP contribution is -2.50. The summed E-state index contributed by atoms with van der Waals surface area (Å²) in [5.41, 5.74) is 0. The SMILES string of the molecule is COCCOCCCCN1CCN2CCCC2C1. The van der Waals surface area contributed by atoms with Crippen molar-refractivity contribution in [2.45, 2.75) is 31.7 Å². The van der Waals surface area contributed by atoms with Gasteiger partial charge in [0.1, 0.15) is 0 Å². The Bertz CT molecular complexity index is 226. The smallest absolute Gasteiger partial charge is 0.0700 e. The van der Waals surface area contributed by atoms with E-state index >= 15 is 0 Å². The van der Waals surface area contributed by atoms with Crippen molar-refractivity contribution in [3.8, 4) is 0 Å². The molecular weight excluding hydrogens is 228 g/mol. The van der Waals surface area contributed by atoms with E-state index in [-0.39, 0.29) is 0 Å². The molecule has 0 aromatic rings. The first-order valence-electron chi connectivity index (χ1n) is 7.43. The molecule has 4 heteroatoms. The fourth-order valence-electron chi connectivity index (χ4n) is 3.04. The standard InChI is InChI=1S/C14H28N2O2/c1-17-11-12-18-10-3-2-6-15-8-9-16-7-4-5-14(16)13-15/h14H,2-13H2,1H3. The van der Waals surface area contributed by atoms with Crippen LogP contribution in [0.2, 0.25) is 0 Å². The van der Waals surface area contributed by atoms with Crippen LogP contribution in [0.1, 0.15) is 25.7 Å². The number of unbranched alkanes of at least 4 members (excludes halogenated alkanes) is 1. The van der Waals surface area contributed by atoms with Gasteiger partial charge in [-0.3, -0.25) is 4.90 Å². The Morgan fingerprint density at radius 2 is 2.00 bits per heavy atom. The van der Waals surface area contributed by atoms with E-state index in [2.05, 4.69) is 9.80 Å². The molecule has 0 radical (unpaired) electrons. The van der Waals surface area contributed by atoms with Gasteiger partial charge in [-0.15, -0.1) is 0 Å². The quantitative estimate of drug-likeness (QED) is 0.610. The summed E-state index contributed by atoms with van der Waals surface area (Å²) in [4.78, 5) is 5.31. The van der Waals surface area contributed by atoms with Crippen molar-refractivity contribution in [3.05, 3.63) is 0 Å². The van der Waals surface area contributed by atoms with Gasteiger partial charge in [0.25, 0.3) is 0 Å². The fraction of sp³-hybridized carbons (Fsp3) is 1.00. The van der Waals surface area contributed by atoms with Gasteiger partial charge in [-0.1, -0.05) is 0 Å². The minimum atomic E-state index is 0.712. The average molecular weight is 256 g/mol. The van der Waals surface area contributed by atoms with Gasteiger partial charge in [0.05, 0.1) is 13.2 Å². The summed E-state index contributed by atoms with van der Waals surface area (Å²) in [5, 5.41) is 0. The van der Waals surface area contributed by atoms with Gasteiger partial charge in [0, 0.05) is 39.4 Å². The molecule has 2 rings (SSSR count). The lowest BCUT2D eigenvalue weighted by Gasteiger charge is -2.37. The molecule has 0 N–H and O–H groups in total. The van der Waals surface area contributed by atoms with Gasteiger partial charge in [-0.05, 0) is 38.8 Å². The maximum atomic E-state index is 5.48. The second kappa shape index (κ2) is 8.10. The summed E-state index contributed by atoms with van der Waals surface area (Å²) in [6, 6.07) is 0.858. The lowest BCUT2D eigenvalue weighted by molar-refractivity contribution is 0.0646. The first-order chi connectivity index (χ1) is 8.90. The summed E-state index contributed by atoms with van der Waals surface area (Å²) < 4.78 is 10.4. The van der Waals surface area contributed by atoms with Crippen molar-refractivity contribution < 1.29 is 9.47 Å². The number of methoxy groups -OCH3 is 1. The molecule has 0 bridgehead atoms. The van der Waals surface area contributed by atoms with E-state index in [1.807, 2.05) is 0 Å². The van der Waals surface area contributed by atoms with Crippen LogP contribution in [0.5, 0.6) is 0 Å². The maximum Gasteiger partial charge on any atom is 0.0700 e. The molecule has 2 aliphatic rings. The molecule has 2 saturated heterocycles. The summed E-state index contributed by atoms with van der Waals surface area (Å²) in [6.45, 7) is 8.76. The van der Waals surface area contributed by atoms with E-state index in [0.29, 0.717) is 6.61 Å². The van der Waals surface area contributed by atoms with Crippen LogP contribution in [0, 0.1) is 0 Å². The molecule has 0 amide bonds. The average Bonchev–Trinajstić information content (AvgIpc) is 2.85. The highest BCUT2D eigenvalue weighted by Gasteiger charge is 2.29. The van der Waals surface area contributed by atoms with Crippen LogP contribution in [-0.4, -0.2) is 75.5 Å². The first kappa shape index (κ1) is 14.3. The highest BCUT2D eigenvalue weighted by molar-refractivity contribution is 4.86. The number of nitrogens with zero attached hydrogens (tertiary/aromatic N) is 2. The van der Waals surface area contributed by atoms with Gasteiger partial charge in [-0.25, -0.2) is 0 Å². The third-order valence-electron chi connectivity index (χ3n) is 4.12. The zero-order valence-corrected chi connectivity index (χ0v) is 11.8. The molecule has 0 saturated carbocycles. The van der Waals surface area contributed by atoms with Crippen molar-refractivity contribution in [3.63, 3.8) is 0 Å². The Morgan fingerprint density at radius 3 is 2.89 bits per heavy atom. The monoisotopic (exact) mass is 256 g/mol. The van der Waals surface area contributed by atoms with Crippen molar-refractivity contribution in [2.24, 2.45) is 0 Å². The van der Waals surface area contributed by atoms with Crippen LogP contribution < -0.4 is 0 Å². The highest BCUT2D eigenvalue weighted by atomic mass is 16.5. The van der Waals surface area contributed by atoms with Crippen molar-refractivity contribution in [1.82, 2.24) is 9.80 Å². The van der Waals surface area contributed by atoms with Crippen molar-refractivity contribution in [1.29, 1.82) is 0 Å². The van der Waals surface area contributed by atoms with Gasteiger partial charge in [0.2, 0.25) is 0 Å². The van der Waals surface area contributed by atoms with Gasteiger partial charge in [-0.2, -0.15) is 0 Å². The Balaban J connectivity index is 1.47. The largest absolute Gasteiger partial charge is 0.382 e. The number of ether oxygens (including phenoxy) is 2. The first-order valence-corrected chi connectivity index (χ1v) is 7.43. The molecule has 0 aromatic carbocycles. The molecule has 2 fully saturated rings. The van der Waals surface area contributed by atoms with Gasteiger partial charge in [0.15, 0.2) is 0 Å². The Labute approximate surface area is 111 Å². The number of hydrogen-bond donors (Lipinski definition) is 0. The predicted octanol–water partition coefficient (Wildman–Crippen LogP) is 1.21. The number of rotatable bonds is 8. The fourth-order valence-corrected chi connectivity index (χ4v) is 3.04. The molecule has 2 heterocycles. The van der Waals surface area contributed by atoms with E-state index in [9.17, 15) is 0 Å². The molecule has 0 spiro atoms. The normalized spacial score (nSPS) is 25.5. The van der Waals surface area contributed by atoms with Crippen LogP contribution >= 0.6 is 0 Å². The topological polar surface area (TPSA) is 24.9 Å². The summed E-state index contributed by atoms with van der Waals surface area (Å²) in [5.74, 6) is 0. The van der Waals surface area contributed by atoms with Crippen LogP contribution in [0.25, 0.3) is 0 Å². The number of fused-ring (bicyclic) bond motifs is 1. The zero-order chi connectivity index (χ0) is 12.6. The summed E-state index contributed by atoms with van der Waals surface area (Å²) in [6.07, 6.45) is 5.26. The molecule has 2 aliphatic heterocycles. The molecule has 4 nitrogen and oxygen atoms in total. The highest BCUT2D eigenvalue weighted by Crippen LogP contribution is 2.21. The second-order valence-electron chi connectivity index (χ2n) is 5.44. The van der Waals surface area contributed by atoms with Crippen LogP contribution in [0.15, 0.2) is 0 Å². The minimum absolute atomic E-state index is 0.712. The van der Waals surface area contributed by atoms with Crippen LogP contribution in [0.3, 0.4) is 0 Å². The molecule has 0 aliphatic carbocycles. The Morgan fingerprint density at radius 1 is 1.06 bits per heavy atom. The number of hydrogen-bond acceptors (Lipinski definition) is 4.